The van der Waals surface area contributed by atoms with Crippen molar-refractivity contribution in [2.75, 3.05) is 11.9 Å². The molecule has 6 nitrogen and oxygen atoms in total. The molecule has 1 atom stereocenters. The Morgan fingerprint density at radius 1 is 1.71 bits per heavy atom. The van der Waals surface area contributed by atoms with E-state index < -0.39 is 6.10 Å². The summed E-state index contributed by atoms with van der Waals surface area (Å²) in [7, 11) is 1.70. The largest absolute Gasteiger partial charge is 0.368 e. The Labute approximate surface area is 99.2 Å². The van der Waals surface area contributed by atoms with E-state index >= 15 is 0 Å². The summed E-state index contributed by atoms with van der Waals surface area (Å²) < 4.78 is 6.86. The van der Waals surface area contributed by atoms with Crippen molar-refractivity contribution in [3.05, 3.63) is 11.8 Å². The monoisotopic (exact) mass is 234 g/mol. The minimum atomic E-state index is -0.419. The Bertz CT molecular complexity index is 455. The van der Waals surface area contributed by atoms with Crippen molar-refractivity contribution in [3.8, 4) is 6.07 Å². The lowest BCUT2D eigenvalue weighted by molar-refractivity contribution is -0.130. The lowest BCUT2D eigenvalue weighted by atomic mass is 10.1. The molecule has 1 amide bonds. The lowest BCUT2D eigenvalue weighted by Gasteiger charge is -2.21. The molecule has 2 heterocycles. The van der Waals surface area contributed by atoms with Crippen molar-refractivity contribution in [2.24, 2.45) is 7.05 Å². The smallest absolute Gasteiger partial charge is 0.254 e. The predicted octanol–water partition coefficient (Wildman–Crippen LogP) is 0.799. The summed E-state index contributed by atoms with van der Waals surface area (Å²) >= 11 is 0. The SMILES string of the molecule is Cn1cc(C#N)c(NC(=O)C2CCCCO2)n1. The maximum Gasteiger partial charge on any atom is 0.254 e. The molecule has 1 aromatic heterocycles. The van der Waals surface area contributed by atoms with E-state index in [0.29, 0.717) is 18.0 Å². The highest BCUT2D eigenvalue weighted by molar-refractivity contribution is 5.94. The molecule has 0 spiro atoms. The third-order valence-corrected chi connectivity index (χ3v) is 2.66. The molecule has 1 fully saturated rings. The van der Waals surface area contributed by atoms with Crippen molar-refractivity contribution in [3.63, 3.8) is 0 Å². The van der Waals surface area contributed by atoms with E-state index in [1.807, 2.05) is 6.07 Å². The predicted molar refractivity (Wildman–Crippen MR) is 60.1 cm³/mol. The van der Waals surface area contributed by atoms with Gasteiger partial charge in [-0.25, -0.2) is 0 Å². The third kappa shape index (κ3) is 2.63. The maximum absolute atomic E-state index is 11.9. The second kappa shape index (κ2) is 4.97. The number of hydrogen-bond acceptors (Lipinski definition) is 4. The summed E-state index contributed by atoms with van der Waals surface area (Å²) in [6.45, 7) is 0.616. The molecule has 2 rings (SSSR count). The highest BCUT2D eigenvalue weighted by Gasteiger charge is 2.23. The number of carbonyl (C=O) groups is 1. The van der Waals surface area contributed by atoms with Crippen LogP contribution in [0, 0.1) is 11.3 Å². The molecule has 0 aliphatic carbocycles. The van der Waals surface area contributed by atoms with Crippen molar-refractivity contribution < 1.29 is 9.53 Å². The molecule has 1 aliphatic rings. The Hall–Kier alpha value is -1.87. The zero-order valence-corrected chi connectivity index (χ0v) is 9.64. The van der Waals surface area contributed by atoms with Gasteiger partial charge < -0.3 is 10.1 Å². The molecular formula is C11H14N4O2. The van der Waals surface area contributed by atoms with Gasteiger partial charge in [-0.2, -0.15) is 10.4 Å². The number of anilines is 1. The van der Waals surface area contributed by atoms with Gasteiger partial charge in [0.25, 0.3) is 5.91 Å². The van der Waals surface area contributed by atoms with Gasteiger partial charge in [-0.1, -0.05) is 0 Å². The number of nitriles is 1. The Morgan fingerprint density at radius 3 is 3.18 bits per heavy atom. The molecule has 90 valence electrons. The Kier molecular flexibility index (Phi) is 3.40. The fourth-order valence-electron chi connectivity index (χ4n) is 1.81. The van der Waals surface area contributed by atoms with Crippen LogP contribution in [-0.4, -0.2) is 28.4 Å². The van der Waals surface area contributed by atoms with E-state index in [1.165, 1.54) is 4.68 Å². The summed E-state index contributed by atoms with van der Waals surface area (Å²) in [6.07, 6.45) is 3.86. The van der Waals surface area contributed by atoms with Gasteiger partial charge in [-0.05, 0) is 19.3 Å². The van der Waals surface area contributed by atoms with Gasteiger partial charge in [-0.15, -0.1) is 0 Å². The molecule has 0 saturated carbocycles. The molecule has 17 heavy (non-hydrogen) atoms. The van der Waals surface area contributed by atoms with Crippen LogP contribution in [0.15, 0.2) is 6.20 Å². The van der Waals surface area contributed by atoms with Crippen LogP contribution < -0.4 is 5.32 Å². The number of hydrogen-bond donors (Lipinski definition) is 1. The first-order chi connectivity index (χ1) is 8.20. The normalized spacial score (nSPS) is 19.6. The first kappa shape index (κ1) is 11.6. The molecule has 1 aromatic rings. The third-order valence-electron chi connectivity index (χ3n) is 2.66. The Balaban J connectivity index is 2.04. The summed E-state index contributed by atoms with van der Waals surface area (Å²) in [5.41, 5.74) is 0.358. The number of nitrogens with one attached hydrogen (secondary N) is 1. The van der Waals surface area contributed by atoms with Gasteiger partial charge in [0.05, 0.1) is 0 Å². The molecule has 1 aliphatic heterocycles. The Morgan fingerprint density at radius 2 is 2.53 bits per heavy atom. The van der Waals surface area contributed by atoms with Crippen LogP contribution in [0.2, 0.25) is 0 Å². The number of rotatable bonds is 2. The summed E-state index contributed by atoms with van der Waals surface area (Å²) in [5, 5.41) is 15.5. The van der Waals surface area contributed by atoms with E-state index in [2.05, 4.69) is 10.4 Å². The molecule has 1 N–H and O–H groups in total. The summed E-state index contributed by atoms with van der Waals surface area (Å²) in [4.78, 5) is 11.9. The molecule has 0 aromatic carbocycles. The van der Waals surface area contributed by atoms with Gasteiger partial charge in [0.15, 0.2) is 5.82 Å². The molecule has 1 unspecified atom stereocenters. The van der Waals surface area contributed by atoms with Crippen LogP contribution in [0.1, 0.15) is 24.8 Å². The standard InChI is InChI=1S/C11H14N4O2/c1-15-7-8(6-12)10(14-15)13-11(16)9-4-2-3-5-17-9/h7,9H,2-5H2,1H3,(H,13,14,16). The van der Waals surface area contributed by atoms with E-state index in [9.17, 15) is 4.79 Å². The average Bonchev–Trinajstić information content (AvgIpc) is 2.70. The number of aryl methyl sites for hydroxylation is 1. The van der Waals surface area contributed by atoms with E-state index in [1.54, 1.807) is 13.2 Å². The topological polar surface area (TPSA) is 79.9 Å². The summed E-state index contributed by atoms with van der Waals surface area (Å²) in [5.74, 6) is 0.0778. The van der Waals surface area contributed by atoms with Crippen molar-refractivity contribution in [2.45, 2.75) is 25.4 Å². The molecule has 0 radical (unpaired) electrons. The molecular weight excluding hydrogens is 220 g/mol. The fraction of sp³-hybridized carbons (Fsp3) is 0.545. The second-order valence-corrected chi connectivity index (χ2v) is 4.02. The van der Waals surface area contributed by atoms with Crippen LogP contribution in [0.4, 0.5) is 5.82 Å². The number of amides is 1. The zero-order chi connectivity index (χ0) is 12.3. The maximum atomic E-state index is 11.9. The lowest BCUT2D eigenvalue weighted by Crippen LogP contribution is -2.33. The zero-order valence-electron chi connectivity index (χ0n) is 9.64. The number of carbonyl (C=O) groups excluding carboxylic acids is 1. The minimum absolute atomic E-state index is 0.222. The van der Waals surface area contributed by atoms with Crippen LogP contribution in [0.25, 0.3) is 0 Å². The average molecular weight is 234 g/mol. The molecule has 0 bridgehead atoms. The quantitative estimate of drug-likeness (QED) is 0.820. The number of nitrogens with zero attached hydrogens (tertiary/aromatic N) is 3. The van der Waals surface area contributed by atoms with E-state index in [-0.39, 0.29) is 5.91 Å². The van der Waals surface area contributed by atoms with Crippen LogP contribution >= 0.6 is 0 Å². The van der Waals surface area contributed by atoms with Gasteiger partial charge >= 0.3 is 0 Å². The first-order valence-electron chi connectivity index (χ1n) is 5.57. The first-order valence-corrected chi connectivity index (χ1v) is 5.57. The van der Waals surface area contributed by atoms with Gasteiger partial charge in [-0.3, -0.25) is 9.48 Å². The fourth-order valence-corrected chi connectivity index (χ4v) is 1.81. The van der Waals surface area contributed by atoms with Gasteiger partial charge in [0.2, 0.25) is 0 Å². The van der Waals surface area contributed by atoms with Crippen LogP contribution in [-0.2, 0) is 16.6 Å². The van der Waals surface area contributed by atoms with Gasteiger partial charge in [0, 0.05) is 19.9 Å². The minimum Gasteiger partial charge on any atom is -0.368 e. The molecule has 1 saturated heterocycles. The van der Waals surface area contributed by atoms with Gasteiger partial charge in [0.1, 0.15) is 17.7 Å². The van der Waals surface area contributed by atoms with E-state index in [0.717, 1.165) is 19.3 Å². The van der Waals surface area contributed by atoms with Crippen LogP contribution in [0.5, 0.6) is 0 Å². The highest BCUT2D eigenvalue weighted by Crippen LogP contribution is 2.16. The van der Waals surface area contributed by atoms with E-state index in [4.69, 9.17) is 10.00 Å². The highest BCUT2D eigenvalue weighted by atomic mass is 16.5. The van der Waals surface area contributed by atoms with Crippen molar-refractivity contribution in [1.29, 1.82) is 5.26 Å². The van der Waals surface area contributed by atoms with Crippen molar-refractivity contribution in [1.82, 2.24) is 9.78 Å². The number of ether oxygens (including phenoxy) is 1. The van der Waals surface area contributed by atoms with Crippen molar-refractivity contribution >= 4 is 11.7 Å². The summed E-state index contributed by atoms with van der Waals surface area (Å²) in [6, 6.07) is 1.99. The van der Waals surface area contributed by atoms with Crippen LogP contribution in [0.3, 0.4) is 0 Å². The number of aromatic nitrogens is 2. The second-order valence-electron chi connectivity index (χ2n) is 4.02. The molecule has 6 heteroatoms.